The molecule has 0 radical (unpaired) electrons. The van der Waals surface area contributed by atoms with E-state index in [2.05, 4.69) is 44.9 Å². The minimum Gasteiger partial charge on any atom is -0.317 e. The molecular formula is C16H35NSi. The third-order valence-electron chi connectivity index (χ3n) is 3.42. The molecule has 1 N–H and O–H groups in total. The predicted molar refractivity (Wildman–Crippen MR) is 88.0 cm³/mol. The Bertz CT molecular complexity index is 216. The Labute approximate surface area is 116 Å². The van der Waals surface area contributed by atoms with Crippen LogP contribution in [0.15, 0.2) is 11.3 Å². The Balaban J connectivity index is 3.92. The van der Waals surface area contributed by atoms with Gasteiger partial charge in [0.05, 0.1) is 8.07 Å². The molecule has 0 atom stereocenters. The van der Waals surface area contributed by atoms with Gasteiger partial charge >= 0.3 is 0 Å². The van der Waals surface area contributed by atoms with Gasteiger partial charge in [-0.2, -0.15) is 0 Å². The number of allylic oxidation sites excluding steroid dienone is 2. The summed E-state index contributed by atoms with van der Waals surface area (Å²) in [5.41, 5.74) is 0. The minimum atomic E-state index is -1.08. The third kappa shape index (κ3) is 9.90. The van der Waals surface area contributed by atoms with Crippen molar-refractivity contribution in [1.82, 2.24) is 5.32 Å². The SMILES string of the molecule is CCCC/C=C(\CCCNCCCC)[Si](C)(C)C. The monoisotopic (exact) mass is 269 g/mol. The van der Waals surface area contributed by atoms with Gasteiger partial charge in [0.25, 0.3) is 0 Å². The first-order valence-electron chi connectivity index (χ1n) is 7.92. The van der Waals surface area contributed by atoms with Gasteiger partial charge < -0.3 is 5.32 Å². The van der Waals surface area contributed by atoms with Gasteiger partial charge in [-0.05, 0) is 38.8 Å². The zero-order valence-electron chi connectivity index (χ0n) is 13.4. The first-order valence-corrected chi connectivity index (χ1v) is 11.4. The summed E-state index contributed by atoms with van der Waals surface area (Å²) in [4.78, 5) is 0. The number of hydrogen-bond donors (Lipinski definition) is 1. The number of nitrogens with one attached hydrogen (secondary N) is 1. The van der Waals surface area contributed by atoms with E-state index in [-0.39, 0.29) is 0 Å². The molecule has 0 spiro atoms. The molecule has 2 heteroatoms. The molecule has 0 aromatic rings. The van der Waals surface area contributed by atoms with Gasteiger partial charge in [-0.25, -0.2) is 0 Å². The summed E-state index contributed by atoms with van der Waals surface area (Å²) in [5, 5.41) is 5.33. The van der Waals surface area contributed by atoms with E-state index >= 15 is 0 Å². The first kappa shape index (κ1) is 17.9. The molecule has 0 heterocycles. The lowest BCUT2D eigenvalue weighted by molar-refractivity contribution is 0.618. The van der Waals surface area contributed by atoms with Gasteiger partial charge in [0, 0.05) is 0 Å². The highest BCUT2D eigenvalue weighted by molar-refractivity contribution is 6.83. The lowest BCUT2D eigenvalue weighted by Crippen LogP contribution is -2.25. The van der Waals surface area contributed by atoms with Crippen LogP contribution in [0.2, 0.25) is 19.6 Å². The fourth-order valence-corrected chi connectivity index (χ4v) is 3.78. The minimum absolute atomic E-state index is 1.08. The molecule has 108 valence electrons. The second-order valence-electron chi connectivity index (χ2n) is 6.33. The maximum atomic E-state index is 3.55. The molecule has 0 fully saturated rings. The Kier molecular flexibility index (Phi) is 10.8. The summed E-state index contributed by atoms with van der Waals surface area (Å²) in [6.45, 7) is 14.4. The Morgan fingerprint density at radius 1 is 0.944 bits per heavy atom. The molecule has 1 nitrogen and oxygen atoms in total. The Morgan fingerprint density at radius 3 is 2.11 bits per heavy atom. The van der Waals surface area contributed by atoms with Crippen molar-refractivity contribution in [2.24, 2.45) is 0 Å². The van der Waals surface area contributed by atoms with Gasteiger partial charge in [-0.15, -0.1) is 0 Å². The van der Waals surface area contributed by atoms with Crippen LogP contribution >= 0.6 is 0 Å². The van der Waals surface area contributed by atoms with Crippen molar-refractivity contribution in [3.8, 4) is 0 Å². The van der Waals surface area contributed by atoms with Crippen LogP contribution < -0.4 is 5.32 Å². The van der Waals surface area contributed by atoms with Crippen molar-refractivity contribution >= 4 is 8.07 Å². The molecule has 0 unspecified atom stereocenters. The maximum Gasteiger partial charge on any atom is 0.0720 e. The summed E-state index contributed by atoms with van der Waals surface area (Å²) in [5.74, 6) is 0. The number of hydrogen-bond acceptors (Lipinski definition) is 1. The van der Waals surface area contributed by atoms with Gasteiger partial charge in [0.1, 0.15) is 0 Å². The van der Waals surface area contributed by atoms with Crippen LogP contribution in [0.4, 0.5) is 0 Å². The quantitative estimate of drug-likeness (QED) is 0.404. The predicted octanol–water partition coefficient (Wildman–Crippen LogP) is 5.15. The molecule has 0 saturated carbocycles. The zero-order chi connectivity index (χ0) is 13.9. The van der Waals surface area contributed by atoms with Crippen LogP contribution in [0, 0.1) is 0 Å². The van der Waals surface area contributed by atoms with Gasteiger partial charge in [-0.3, -0.25) is 0 Å². The van der Waals surface area contributed by atoms with Crippen LogP contribution in [-0.2, 0) is 0 Å². The molecule has 0 aliphatic rings. The highest BCUT2D eigenvalue weighted by atomic mass is 28.3. The molecule has 0 aliphatic carbocycles. The second kappa shape index (κ2) is 10.8. The van der Waals surface area contributed by atoms with Crippen LogP contribution in [0.3, 0.4) is 0 Å². The van der Waals surface area contributed by atoms with Crippen LogP contribution in [0.25, 0.3) is 0 Å². The van der Waals surface area contributed by atoms with Crippen molar-refractivity contribution in [2.45, 2.75) is 78.4 Å². The fraction of sp³-hybridized carbons (Fsp3) is 0.875. The van der Waals surface area contributed by atoms with Crippen molar-refractivity contribution < 1.29 is 0 Å². The van der Waals surface area contributed by atoms with E-state index in [1.165, 1.54) is 58.0 Å². The van der Waals surface area contributed by atoms with E-state index in [9.17, 15) is 0 Å². The molecule has 0 aromatic carbocycles. The molecule has 0 bridgehead atoms. The smallest absolute Gasteiger partial charge is 0.0720 e. The van der Waals surface area contributed by atoms with Crippen molar-refractivity contribution in [3.05, 3.63) is 11.3 Å². The fourth-order valence-electron chi connectivity index (χ4n) is 2.09. The summed E-state index contributed by atoms with van der Waals surface area (Å²) < 4.78 is 0. The topological polar surface area (TPSA) is 12.0 Å². The van der Waals surface area contributed by atoms with Crippen LogP contribution in [0.1, 0.15) is 58.8 Å². The summed E-state index contributed by atoms with van der Waals surface area (Å²) >= 11 is 0. The number of rotatable bonds is 11. The zero-order valence-corrected chi connectivity index (χ0v) is 14.4. The van der Waals surface area contributed by atoms with Gasteiger partial charge in [0.2, 0.25) is 0 Å². The number of unbranched alkanes of at least 4 members (excludes halogenated alkanes) is 3. The van der Waals surface area contributed by atoms with Crippen molar-refractivity contribution in [1.29, 1.82) is 0 Å². The molecule has 0 rings (SSSR count). The van der Waals surface area contributed by atoms with Gasteiger partial charge in [-0.1, -0.05) is 64.0 Å². The van der Waals surface area contributed by atoms with E-state index < -0.39 is 8.07 Å². The Hall–Kier alpha value is -0.0831. The molecule has 0 saturated heterocycles. The van der Waals surface area contributed by atoms with Crippen LogP contribution in [-0.4, -0.2) is 21.2 Å². The van der Waals surface area contributed by atoms with E-state index in [1.54, 1.807) is 5.20 Å². The summed E-state index contributed by atoms with van der Waals surface area (Å²) in [7, 11) is -1.08. The molecule has 18 heavy (non-hydrogen) atoms. The van der Waals surface area contributed by atoms with Crippen molar-refractivity contribution in [3.63, 3.8) is 0 Å². The average Bonchev–Trinajstić information content (AvgIpc) is 2.30. The average molecular weight is 270 g/mol. The van der Waals surface area contributed by atoms with E-state index in [1.807, 2.05) is 0 Å². The van der Waals surface area contributed by atoms with E-state index in [0.717, 1.165) is 0 Å². The molecule has 0 aromatic heterocycles. The largest absolute Gasteiger partial charge is 0.317 e. The first-order chi connectivity index (χ1) is 8.52. The van der Waals surface area contributed by atoms with E-state index in [4.69, 9.17) is 0 Å². The Morgan fingerprint density at radius 2 is 1.56 bits per heavy atom. The van der Waals surface area contributed by atoms with E-state index in [0.29, 0.717) is 0 Å². The lowest BCUT2D eigenvalue weighted by atomic mass is 10.2. The molecule has 0 aliphatic heterocycles. The highest BCUT2D eigenvalue weighted by Gasteiger charge is 2.18. The van der Waals surface area contributed by atoms with Gasteiger partial charge in [0.15, 0.2) is 0 Å². The normalized spacial score (nSPS) is 13.1. The second-order valence-corrected chi connectivity index (χ2v) is 11.5. The molecular weight excluding hydrogens is 234 g/mol. The van der Waals surface area contributed by atoms with Crippen molar-refractivity contribution in [2.75, 3.05) is 13.1 Å². The molecule has 0 amide bonds. The maximum absolute atomic E-state index is 3.55. The third-order valence-corrected chi connectivity index (χ3v) is 5.80. The summed E-state index contributed by atoms with van der Waals surface area (Å²) in [6, 6.07) is 0. The lowest BCUT2D eigenvalue weighted by Gasteiger charge is -2.21. The standard InChI is InChI=1S/C16H35NSi/c1-6-8-10-12-16(18(3,4)5)13-11-15-17-14-9-7-2/h12,17H,6-11,13-15H2,1-5H3/b16-12+. The highest BCUT2D eigenvalue weighted by Crippen LogP contribution is 2.20. The van der Waals surface area contributed by atoms with Crippen LogP contribution in [0.5, 0.6) is 0 Å². The summed E-state index contributed by atoms with van der Waals surface area (Å²) in [6.07, 6.45) is 11.7.